The third-order valence-corrected chi connectivity index (χ3v) is 5.55. The summed E-state index contributed by atoms with van der Waals surface area (Å²) < 4.78 is 7.61. The first kappa shape index (κ1) is 22.3. The van der Waals surface area contributed by atoms with E-state index in [1.807, 2.05) is 86.0 Å². The number of nitrogens with one attached hydrogen (secondary N) is 1. The van der Waals surface area contributed by atoms with E-state index in [2.05, 4.69) is 5.32 Å². The van der Waals surface area contributed by atoms with E-state index < -0.39 is 6.04 Å². The highest BCUT2D eigenvalue weighted by Gasteiger charge is 2.20. The minimum Gasteiger partial charge on any atom is -0.483 e. The molecule has 1 atom stereocenters. The lowest BCUT2D eigenvalue weighted by atomic mass is 10.1. The Morgan fingerprint density at radius 2 is 1.73 bits per heavy atom. The van der Waals surface area contributed by atoms with Crippen LogP contribution in [0.1, 0.15) is 40.3 Å². The Kier molecular flexibility index (Phi) is 6.54. The van der Waals surface area contributed by atoms with Crippen LogP contribution >= 0.6 is 0 Å². The van der Waals surface area contributed by atoms with Crippen molar-refractivity contribution in [1.82, 2.24) is 14.9 Å². The molecule has 168 valence electrons. The highest BCUT2D eigenvalue weighted by Crippen LogP contribution is 2.22. The molecule has 0 radical (unpaired) electrons. The van der Waals surface area contributed by atoms with Crippen LogP contribution in [0.2, 0.25) is 0 Å². The Morgan fingerprint density at radius 1 is 1.00 bits per heavy atom. The number of nitrogens with zero attached hydrogens (tertiary/aromatic N) is 2. The Labute approximate surface area is 193 Å². The van der Waals surface area contributed by atoms with Crippen molar-refractivity contribution in [3.8, 4) is 5.75 Å². The number of amides is 1. The maximum absolute atomic E-state index is 12.9. The summed E-state index contributed by atoms with van der Waals surface area (Å²) in [7, 11) is 0. The Bertz CT molecular complexity index is 1290. The number of imidazole rings is 1. The van der Waals surface area contributed by atoms with E-state index >= 15 is 0 Å². The van der Waals surface area contributed by atoms with Crippen molar-refractivity contribution in [2.75, 3.05) is 6.61 Å². The molecule has 1 unspecified atom stereocenters. The Morgan fingerprint density at radius 3 is 2.52 bits per heavy atom. The van der Waals surface area contributed by atoms with Crippen LogP contribution in [0.3, 0.4) is 0 Å². The van der Waals surface area contributed by atoms with Gasteiger partial charge in [0.2, 0.25) is 0 Å². The lowest BCUT2D eigenvalue weighted by Crippen LogP contribution is -2.33. The van der Waals surface area contributed by atoms with Crippen LogP contribution in [0.5, 0.6) is 5.75 Å². The molecule has 6 nitrogen and oxygen atoms in total. The zero-order chi connectivity index (χ0) is 23.4. The zero-order valence-electron chi connectivity index (χ0n) is 19.0. The number of rotatable bonds is 8. The van der Waals surface area contributed by atoms with E-state index in [1.54, 1.807) is 12.1 Å². The van der Waals surface area contributed by atoms with Gasteiger partial charge in [0.25, 0.3) is 5.91 Å². The summed E-state index contributed by atoms with van der Waals surface area (Å²) in [5.41, 5.74) is 4.31. The van der Waals surface area contributed by atoms with Crippen LogP contribution in [-0.4, -0.2) is 27.8 Å². The number of Topliss-reactive ketones (excluding diaryl/α,β-unsaturated/α-hetero) is 1. The topological polar surface area (TPSA) is 73.2 Å². The first-order valence-corrected chi connectivity index (χ1v) is 10.9. The summed E-state index contributed by atoms with van der Waals surface area (Å²) in [5.74, 6) is 1.05. The molecule has 0 bridgehead atoms. The summed E-state index contributed by atoms with van der Waals surface area (Å²) in [6.45, 7) is 5.83. The number of carbonyl (C=O) groups excluding carboxylic acids is 2. The standard InChI is InChI=1S/C27H27N3O3/c1-18-13-14-19(2)25(15-18)33-17-26(32)28-20(3)27-29-22-11-7-8-12-23(22)30(27)16-24(31)21-9-5-4-6-10-21/h4-15,20H,16-17H2,1-3H3,(H,28,32). The fourth-order valence-electron chi connectivity index (χ4n) is 3.80. The summed E-state index contributed by atoms with van der Waals surface area (Å²) >= 11 is 0. The summed E-state index contributed by atoms with van der Waals surface area (Å²) in [6.07, 6.45) is 0. The average Bonchev–Trinajstić information content (AvgIpc) is 3.18. The van der Waals surface area contributed by atoms with Gasteiger partial charge in [-0.2, -0.15) is 0 Å². The van der Waals surface area contributed by atoms with Crippen molar-refractivity contribution in [2.45, 2.75) is 33.4 Å². The van der Waals surface area contributed by atoms with E-state index in [0.717, 1.165) is 22.2 Å². The number of hydrogen-bond donors (Lipinski definition) is 1. The highest BCUT2D eigenvalue weighted by atomic mass is 16.5. The van der Waals surface area contributed by atoms with Gasteiger partial charge in [0, 0.05) is 5.56 Å². The number of carbonyl (C=O) groups is 2. The fraction of sp³-hybridized carbons (Fsp3) is 0.222. The number of aryl methyl sites for hydroxylation is 2. The molecular weight excluding hydrogens is 414 g/mol. The van der Waals surface area contributed by atoms with Crippen LogP contribution in [0, 0.1) is 13.8 Å². The molecule has 0 spiro atoms. The van der Waals surface area contributed by atoms with Gasteiger partial charge in [-0.15, -0.1) is 0 Å². The quantitative estimate of drug-likeness (QED) is 0.399. The van der Waals surface area contributed by atoms with Crippen molar-refractivity contribution in [1.29, 1.82) is 0 Å². The molecule has 0 fully saturated rings. The molecule has 4 aromatic rings. The third-order valence-electron chi connectivity index (χ3n) is 5.55. The third kappa shape index (κ3) is 5.12. The van der Waals surface area contributed by atoms with Crippen molar-refractivity contribution in [3.05, 3.63) is 95.3 Å². The maximum atomic E-state index is 12.9. The molecular formula is C27H27N3O3. The number of aromatic nitrogens is 2. The number of benzene rings is 3. The second kappa shape index (κ2) is 9.69. The van der Waals surface area contributed by atoms with Crippen molar-refractivity contribution < 1.29 is 14.3 Å². The molecule has 6 heteroatoms. The van der Waals surface area contributed by atoms with Gasteiger partial charge in [-0.1, -0.05) is 54.6 Å². The minimum absolute atomic E-state index is 0.0169. The van der Waals surface area contributed by atoms with Gasteiger partial charge in [0.05, 0.1) is 23.6 Å². The van der Waals surface area contributed by atoms with E-state index in [1.165, 1.54) is 0 Å². The van der Waals surface area contributed by atoms with Crippen LogP contribution in [0.25, 0.3) is 11.0 Å². The summed E-state index contributed by atoms with van der Waals surface area (Å²) in [6, 6.07) is 22.3. The molecule has 0 aliphatic carbocycles. The van der Waals surface area contributed by atoms with E-state index in [0.29, 0.717) is 17.1 Å². The van der Waals surface area contributed by atoms with Crippen LogP contribution in [0.15, 0.2) is 72.8 Å². The van der Waals surface area contributed by atoms with Gasteiger partial charge in [0.1, 0.15) is 11.6 Å². The first-order valence-electron chi connectivity index (χ1n) is 10.9. The van der Waals surface area contributed by atoms with Crippen LogP contribution in [0.4, 0.5) is 0 Å². The smallest absolute Gasteiger partial charge is 0.258 e. The minimum atomic E-state index is -0.407. The predicted octanol–water partition coefficient (Wildman–Crippen LogP) is 4.79. The van der Waals surface area contributed by atoms with Crippen LogP contribution < -0.4 is 10.1 Å². The molecule has 1 N–H and O–H groups in total. The van der Waals surface area contributed by atoms with E-state index in [-0.39, 0.29) is 24.8 Å². The predicted molar refractivity (Wildman–Crippen MR) is 128 cm³/mol. The molecule has 33 heavy (non-hydrogen) atoms. The number of hydrogen-bond acceptors (Lipinski definition) is 4. The number of para-hydroxylation sites is 2. The molecule has 1 amide bonds. The summed E-state index contributed by atoms with van der Waals surface area (Å²) in [5, 5.41) is 2.96. The summed E-state index contributed by atoms with van der Waals surface area (Å²) in [4.78, 5) is 30.3. The van der Waals surface area contributed by atoms with Gasteiger partial charge >= 0.3 is 0 Å². The number of ether oxygens (including phenoxy) is 1. The monoisotopic (exact) mass is 441 g/mol. The van der Waals surface area contributed by atoms with Gasteiger partial charge in [-0.05, 0) is 50.1 Å². The second-order valence-electron chi connectivity index (χ2n) is 8.18. The van der Waals surface area contributed by atoms with Crippen LogP contribution in [-0.2, 0) is 11.3 Å². The molecule has 4 rings (SSSR count). The molecule has 3 aromatic carbocycles. The van der Waals surface area contributed by atoms with Gasteiger partial charge < -0.3 is 14.6 Å². The Hall–Kier alpha value is -3.93. The average molecular weight is 442 g/mol. The number of ketones is 1. The lowest BCUT2D eigenvalue weighted by molar-refractivity contribution is -0.123. The van der Waals surface area contributed by atoms with Gasteiger partial charge in [0.15, 0.2) is 12.4 Å². The van der Waals surface area contributed by atoms with E-state index in [9.17, 15) is 9.59 Å². The normalized spacial score (nSPS) is 11.8. The molecule has 1 heterocycles. The molecule has 0 aliphatic rings. The number of fused-ring (bicyclic) bond motifs is 1. The molecule has 1 aromatic heterocycles. The maximum Gasteiger partial charge on any atom is 0.258 e. The second-order valence-corrected chi connectivity index (χ2v) is 8.18. The highest BCUT2D eigenvalue weighted by molar-refractivity contribution is 5.96. The van der Waals surface area contributed by atoms with E-state index in [4.69, 9.17) is 9.72 Å². The van der Waals surface area contributed by atoms with Crippen molar-refractivity contribution in [2.24, 2.45) is 0 Å². The molecule has 0 aliphatic heterocycles. The molecule has 0 saturated heterocycles. The largest absolute Gasteiger partial charge is 0.483 e. The zero-order valence-corrected chi connectivity index (χ0v) is 19.0. The fourth-order valence-corrected chi connectivity index (χ4v) is 3.80. The van der Waals surface area contributed by atoms with Gasteiger partial charge in [-0.25, -0.2) is 4.98 Å². The van der Waals surface area contributed by atoms with Crippen molar-refractivity contribution >= 4 is 22.7 Å². The lowest BCUT2D eigenvalue weighted by Gasteiger charge is -2.17. The SMILES string of the molecule is Cc1ccc(C)c(OCC(=O)NC(C)c2nc3ccccc3n2CC(=O)c2ccccc2)c1. The Balaban J connectivity index is 1.52. The van der Waals surface area contributed by atoms with Crippen molar-refractivity contribution in [3.63, 3.8) is 0 Å². The van der Waals surface area contributed by atoms with Gasteiger partial charge in [-0.3, -0.25) is 9.59 Å². The first-order chi connectivity index (χ1) is 15.9. The molecule has 0 saturated carbocycles.